The predicted molar refractivity (Wildman–Crippen MR) is 104 cm³/mol. The number of aliphatic hydroxyl groups is 1. The molecule has 0 aliphatic heterocycles. The van der Waals surface area contributed by atoms with E-state index in [-0.39, 0.29) is 12.0 Å². The molecular weight excluding hydrogens is 346 g/mol. The van der Waals surface area contributed by atoms with E-state index < -0.39 is 17.9 Å². The Morgan fingerprint density at radius 2 is 2.07 bits per heavy atom. The largest absolute Gasteiger partial charge is 0.467 e. The molecule has 0 amide bonds. The van der Waals surface area contributed by atoms with E-state index in [9.17, 15) is 19.6 Å². The summed E-state index contributed by atoms with van der Waals surface area (Å²) < 4.78 is 4.31. The number of nitrogens with zero attached hydrogens (tertiary/aromatic N) is 1. The van der Waals surface area contributed by atoms with E-state index in [2.05, 4.69) is 34.7 Å². The summed E-state index contributed by atoms with van der Waals surface area (Å²) in [6, 6.07) is -0.228. The average molecular weight is 377 g/mol. The minimum absolute atomic E-state index is 0.0934. The van der Waals surface area contributed by atoms with Gasteiger partial charge in [0.2, 0.25) is 11.9 Å². The van der Waals surface area contributed by atoms with Crippen LogP contribution in [0.2, 0.25) is 0 Å². The molecule has 1 saturated carbocycles. The van der Waals surface area contributed by atoms with E-state index in [1.165, 1.54) is 25.7 Å². The molecule has 0 heterocycles. The second-order valence-electron chi connectivity index (χ2n) is 6.93. The van der Waals surface area contributed by atoms with Crippen molar-refractivity contribution in [1.29, 1.82) is 0 Å². The highest BCUT2D eigenvalue weighted by Crippen LogP contribution is 2.37. The summed E-state index contributed by atoms with van der Waals surface area (Å²) in [5.74, 6) is -1.38. The number of carbonyl (C=O) groups is 2. The zero-order chi connectivity index (χ0) is 20.1. The molecule has 0 aromatic rings. The van der Waals surface area contributed by atoms with E-state index in [0.717, 1.165) is 32.4 Å². The van der Waals surface area contributed by atoms with Crippen molar-refractivity contribution in [3.63, 3.8) is 0 Å². The van der Waals surface area contributed by atoms with Crippen molar-refractivity contribution in [3.8, 4) is 0 Å². The Morgan fingerprint density at radius 1 is 1.30 bits per heavy atom. The number of ether oxygens (including phenoxy) is 1. The first-order chi connectivity index (χ1) is 13.0. The number of ketones is 1. The lowest BCUT2D eigenvalue weighted by atomic mass is 9.90. The summed E-state index contributed by atoms with van der Waals surface area (Å²) in [6.45, 7) is 2.19. The first-order valence-corrected chi connectivity index (χ1v) is 9.74. The molecule has 6 heteroatoms. The minimum Gasteiger partial charge on any atom is -0.467 e. The fourth-order valence-electron chi connectivity index (χ4n) is 3.39. The molecule has 0 aromatic carbocycles. The zero-order valence-corrected chi connectivity index (χ0v) is 16.3. The Bertz CT molecular complexity index is 577. The van der Waals surface area contributed by atoms with Crippen LogP contribution in [0.5, 0.6) is 0 Å². The van der Waals surface area contributed by atoms with Gasteiger partial charge in [0.1, 0.15) is 0 Å². The molecule has 0 radical (unpaired) electrons. The molecule has 0 bridgehead atoms. The van der Waals surface area contributed by atoms with Gasteiger partial charge >= 0.3 is 5.97 Å². The molecule has 1 aliphatic rings. The van der Waals surface area contributed by atoms with E-state index in [1.54, 1.807) is 6.08 Å². The Morgan fingerprint density at radius 3 is 2.74 bits per heavy atom. The van der Waals surface area contributed by atoms with Crippen molar-refractivity contribution < 1.29 is 19.4 Å². The van der Waals surface area contributed by atoms with Crippen LogP contribution < -0.4 is 0 Å². The molecule has 0 saturated heterocycles. The van der Waals surface area contributed by atoms with Crippen molar-refractivity contribution in [2.75, 3.05) is 7.11 Å². The lowest BCUT2D eigenvalue weighted by Gasteiger charge is -2.16. The number of hydrogen-bond acceptors (Lipinski definition) is 6. The van der Waals surface area contributed by atoms with Gasteiger partial charge in [-0.25, -0.2) is 4.79 Å². The van der Waals surface area contributed by atoms with E-state index in [4.69, 9.17) is 0 Å². The number of rotatable bonds is 12. The van der Waals surface area contributed by atoms with Crippen LogP contribution in [0.3, 0.4) is 0 Å². The Hall–Kier alpha value is -2.04. The van der Waals surface area contributed by atoms with Crippen LogP contribution in [-0.4, -0.2) is 36.1 Å². The van der Waals surface area contributed by atoms with Crippen LogP contribution in [0.1, 0.15) is 58.3 Å². The van der Waals surface area contributed by atoms with Crippen LogP contribution in [0, 0.1) is 16.7 Å². The van der Waals surface area contributed by atoms with Crippen LogP contribution in [0.25, 0.3) is 0 Å². The number of esters is 1. The summed E-state index contributed by atoms with van der Waals surface area (Å²) in [5.41, 5.74) is 2.69. The Balaban J connectivity index is 2.58. The standard InChI is InChI=1S/C21H31NO5/c1-3-4-5-6-7-8-11-16-14-15-18(22-26)17(16)12-9-10-13-19(23)20(24)21(25)27-2/h8-9,11,13,16-18,20,24H,3-7,12,14-15H2,1-2H3/t10?,16-,17+,18?,20?/m0/s1. The number of unbranched alkanes of at least 4 members (excludes halogenated alkanes) is 4. The monoisotopic (exact) mass is 377 g/mol. The molecule has 6 nitrogen and oxygen atoms in total. The summed E-state index contributed by atoms with van der Waals surface area (Å²) in [5, 5.41) is 12.7. The van der Waals surface area contributed by atoms with Crippen LogP contribution in [-0.2, 0) is 14.3 Å². The second kappa shape index (κ2) is 13.2. The third-order valence-electron chi connectivity index (χ3n) is 5.01. The maximum Gasteiger partial charge on any atom is 0.342 e. The molecular formula is C21H31NO5. The van der Waals surface area contributed by atoms with Gasteiger partial charge in [-0.2, -0.15) is 4.91 Å². The predicted octanol–water partition coefficient (Wildman–Crippen LogP) is 3.88. The molecule has 0 spiro atoms. The Labute approximate surface area is 161 Å². The molecule has 1 N–H and O–H groups in total. The summed E-state index contributed by atoms with van der Waals surface area (Å²) in [7, 11) is 1.10. The summed E-state index contributed by atoms with van der Waals surface area (Å²) >= 11 is 0. The highest BCUT2D eigenvalue weighted by atomic mass is 16.5. The van der Waals surface area contributed by atoms with Crippen molar-refractivity contribution in [3.05, 3.63) is 34.9 Å². The van der Waals surface area contributed by atoms with Crippen molar-refractivity contribution in [2.24, 2.45) is 17.0 Å². The lowest BCUT2D eigenvalue weighted by Crippen LogP contribution is -2.29. The van der Waals surface area contributed by atoms with Gasteiger partial charge in [-0.15, -0.1) is 5.73 Å². The van der Waals surface area contributed by atoms with Gasteiger partial charge in [0.25, 0.3) is 0 Å². The lowest BCUT2D eigenvalue weighted by molar-refractivity contribution is -0.153. The number of hydrogen-bond donors (Lipinski definition) is 1. The van der Waals surface area contributed by atoms with E-state index in [1.807, 2.05) is 0 Å². The molecule has 1 aliphatic carbocycles. The number of nitroso groups, excluding NO2 is 1. The SMILES string of the molecule is CCCCCCC=C[C@H]1CCC(N=O)[C@@H]1CC=C=CC(=O)C(O)C(=O)OC. The molecule has 4 atom stereocenters. The third kappa shape index (κ3) is 8.02. The molecule has 2 unspecified atom stereocenters. The minimum atomic E-state index is -1.82. The summed E-state index contributed by atoms with van der Waals surface area (Å²) in [4.78, 5) is 33.8. The van der Waals surface area contributed by atoms with Gasteiger partial charge in [0.05, 0.1) is 13.2 Å². The first kappa shape index (κ1) is 23.0. The Kier molecular flexibility index (Phi) is 11.2. The molecule has 1 rings (SSSR count). The molecule has 150 valence electrons. The average Bonchev–Trinajstić information content (AvgIpc) is 3.08. The highest BCUT2D eigenvalue weighted by molar-refractivity contribution is 6.07. The number of aliphatic hydroxyl groups excluding tert-OH is 1. The molecule has 0 aromatic heterocycles. The van der Waals surface area contributed by atoms with Gasteiger partial charge in [-0.3, -0.25) is 4.79 Å². The topological polar surface area (TPSA) is 93.0 Å². The van der Waals surface area contributed by atoms with Crippen molar-refractivity contribution >= 4 is 11.8 Å². The van der Waals surface area contributed by atoms with Crippen molar-refractivity contribution in [1.82, 2.24) is 0 Å². The number of methoxy groups -OCH3 is 1. The van der Waals surface area contributed by atoms with Crippen LogP contribution >= 0.6 is 0 Å². The smallest absolute Gasteiger partial charge is 0.342 e. The number of carbonyl (C=O) groups excluding carboxylic acids is 2. The van der Waals surface area contributed by atoms with Crippen molar-refractivity contribution in [2.45, 2.75) is 70.4 Å². The van der Waals surface area contributed by atoms with Gasteiger partial charge in [0.15, 0.2) is 0 Å². The quantitative estimate of drug-likeness (QED) is 0.106. The van der Waals surface area contributed by atoms with Crippen LogP contribution in [0.15, 0.2) is 35.2 Å². The maximum absolute atomic E-state index is 11.6. The number of allylic oxidation sites excluding steroid dienone is 2. The zero-order valence-electron chi connectivity index (χ0n) is 16.3. The molecule has 27 heavy (non-hydrogen) atoms. The van der Waals surface area contributed by atoms with Gasteiger partial charge in [-0.05, 0) is 50.0 Å². The summed E-state index contributed by atoms with van der Waals surface area (Å²) in [6.07, 6.45) is 13.5. The fourth-order valence-corrected chi connectivity index (χ4v) is 3.39. The van der Waals surface area contributed by atoms with E-state index in [0.29, 0.717) is 12.3 Å². The first-order valence-electron chi connectivity index (χ1n) is 9.74. The van der Waals surface area contributed by atoms with Gasteiger partial charge in [-0.1, -0.05) is 43.5 Å². The highest BCUT2D eigenvalue weighted by Gasteiger charge is 2.34. The maximum atomic E-state index is 11.6. The van der Waals surface area contributed by atoms with Gasteiger partial charge < -0.3 is 9.84 Å². The normalized spacial score (nSPS) is 22.9. The third-order valence-corrected chi connectivity index (χ3v) is 5.01. The second-order valence-corrected chi connectivity index (χ2v) is 6.93. The van der Waals surface area contributed by atoms with Gasteiger partial charge in [0, 0.05) is 6.08 Å². The fraction of sp³-hybridized carbons (Fsp3) is 0.667. The van der Waals surface area contributed by atoms with Crippen LogP contribution in [0.4, 0.5) is 0 Å². The van der Waals surface area contributed by atoms with E-state index >= 15 is 0 Å². The molecule has 1 fully saturated rings.